The van der Waals surface area contributed by atoms with Gasteiger partial charge in [0.2, 0.25) is 15.9 Å². The Hall–Kier alpha value is -1.74. The molecule has 1 amide bonds. The van der Waals surface area contributed by atoms with Crippen LogP contribution >= 0.6 is 11.8 Å². The fourth-order valence-corrected chi connectivity index (χ4v) is 2.65. The minimum atomic E-state index is -3.35. The highest BCUT2D eigenvalue weighted by molar-refractivity contribution is 8.00. The SMILES string of the molecule is Cc1cc(NC(=O)CSCC(=O)O)ccc1NS(C)(=O)=O. The normalized spacial score (nSPS) is 11.0. The molecule has 1 aromatic rings. The van der Waals surface area contributed by atoms with Gasteiger partial charge in [0.05, 0.1) is 23.4 Å². The number of nitrogens with one attached hydrogen (secondary N) is 2. The quantitative estimate of drug-likeness (QED) is 0.690. The first-order valence-corrected chi connectivity index (χ1v) is 8.90. The highest BCUT2D eigenvalue weighted by Crippen LogP contribution is 2.20. The second kappa shape index (κ2) is 7.32. The molecule has 0 unspecified atom stereocenters. The molecular weight excluding hydrogens is 316 g/mol. The number of carboxylic acids is 1. The van der Waals surface area contributed by atoms with E-state index in [1.807, 2.05) is 0 Å². The van der Waals surface area contributed by atoms with Crippen molar-refractivity contribution in [3.63, 3.8) is 0 Å². The number of anilines is 2. The van der Waals surface area contributed by atoms with Crippen LogP contribution in [0.3, 0.4) is 0 Å². The molecule has 1 aromatic carbocycles. The van der Waals surface area contributed by atoms with E-state index in [1.54, 1.807) is 25.1 Å². The number of hydrogen-bond donors (Lipinski definition) is 3. The van der Waals surface area contributed by atoms with Crippen LogP contribution in [0.1, 0.15) is 5.56 Å². The summed E-state index contributed by atoms with van der Waals surface area (Å²) >= 11 is 1.00. The third-order valence-corrected chi connectivity index (χ3v) is 3.77. The van der Waals surface area contributed by atoms with E-state index in [-0.39, 0.29) is 17.4 Å². The van der Waals surface area contributed by atoms with Crippen LogP contribution in [0.2, 0.25) is 0 Å². The van der Waals surface area contributed by atoms with Gasteiger partial charge in [-0.25, -0.2) is 8.42 Å². The molecule has 0 atom stereocenters. The number of sulfonamides is 1. The molecule has 116 valence electrons. The monoisotopic (exact) mass is 332 g/mol. The topological polar surface area (TPSA) is 113 Å². The Bertz CT molecular complexity index is 643. The standard InChI is InChI=1S/C12H16N2O5S2/c1-8-5-9(3-4-10(8)14-21(2,18)19)13-11(15)6-20-7-12(16)17/h3-5,14H,6-7H2,1-2H3,(H,13,15)(H,16,17). The Morgan fingerprint density at radius 3 is 2.48 bits per heavy atom. The average Bonchev–Trinajstić information content (AvgIpc) is 2.30. The van der Waals surface area contributed by atoms with Crippen LogP contribution in [0.15, 0.2) is 18.2 Å². The minimum absolute atomic E-state index is 0.0364. The van der Waals surface area contributed by atoms with Crippen LogP contribution in [0.5, 0.6) is 0 Å². The third kappa shape index (κ3) is 7.00. The number of thioether (sulfide) groups is 1. The summed E-state index contributed by atoms with van der Waals surface area (Å²) in [6, 6.07) is 4.75. The lowest BCUT2D eigenvalue weighted by atomic mass is 10.2. The van der Waals surface area contributed by atoms with E-state index in [1.165, 1.54) is 0 Å². The number of aliphatic carboxylic acids is 1. The maximum Gasteiger partial charge on any atom is 0.313 e. The van der Waals surface area contributed by atoms with E-state index in [9.17, 15) is 18.0 Å². The zero-order valence-corrected chi connectivity index (χ0v) is 13.2. The highest BCUT2D eigenvalue weighted by atomic mass is 32.2. The molecule has 0 spiro atoms. The summed E-state index contributed by atoms with van der Waals surface area (Å²) in [4.78, 5) is 21.9. The lowest BCUT2D eigenvalue weighted by Gasteiger charge is -2.10. The first-order chi connectivity index (χ1) is 9.67. The van der Waals surface area contributed by atoms with Crippen molar-refractivity contribution in [2.45, 2.75) is 6.92 Å². The molecule has 0 saturated heterocycles. The lowest BCUT2D eigenvalue weighted by molar-refractivity contribution is -0.133. The molecule has 0 aliphatic carbocycles. The largest absolute Gasteiger partial charge is 0.481 e. The summed E-state index contributed by atoms with van der Waals surface area (Å²) < 4.78 is 24.7. The Kier molecular flexibility index (Phi) is 6.03. The van der Waals surface area contributed by atoms with Gasteiger partial charge in [0, 0.05) is 5.69 Å². The van der Waals surface area contributed by atoms with Crippen LogP contribution < -0.4 is 10.0 Å². The summed E-state index contributed by atoms with van der Waals surface area (Å²) in [5, 5.41) is 11.1. The summed E-state index contributed by atoms with van der Waals surface area (Å²) in [6.45, 7) is 1.71. The van der Waals surface area contributed by atoms with E-state index in [4.69, 9.17) is 5.11 Å². The molecule has 9 heteroatoms. The van der Waals surface area contributed by atoms with E-state index >= 15 is 0 Å². The predicted molar refractivity (Wildman–Crippen MR) is 83.2 cm³/mol. The van der Waals surface area contributed by atoms with Gasteiger partial charge in [-0.3, -0.25) is 14.3 Å². The number of amides is 1. The van der Waals surface area contributed by atoms with Crippen molar-refractivity contribution >= 4 is 45.0 Å². The average molecular weight is 332 g/mol. The second-order valence-corrected chi connectivity index (χ2v) is 7.07. The number of carboxylic acid groups (broad SMARTS) is 1. The smallest absolute Gasteiger partial charge is 0.313 e. The molecule has 1 rings (SSSR count). The Labute approximate surface area is 127 Å². The van der Waals surface area contributed by atoms with Gasteiger partial charge in [-0.05, 0) is 30.7 Å². The molecule has 0 radical (unpaired) electrons. The van der Waals surface area contributed by atoms with Crippen molar-refractivity contribution in [2.24, 2.45) is 0 Å². The summed E-state index contributed by atoms with van der Waals surface area (Å²) in [7, 11) is -3.35. The van der Waals surface area contributed by atoms with Crippen molar-refractivity contribution in [2.75, 3.05) is 27.8 Å². The van der Waals surface area contributed by atoms with E-state index < -0.39 is 16.0 Å². The maximum absolute atomic E-state index is 11.6. The third-order valence-electron chi connectivity index (χ3n) is 2.26. The highest BCUT2D eigenvalue weighted by Gasteiger charge is 2.08. The molecule has 0 bridgehead atoms. The van der Waals surface area contributed by atoms with E-state index in [2.05, 4.69) is 10.0 Å². The molecule has 0 saturated carbocycles. The molecule has 0 aliphatic heterocycles. The van der Waals surface area contributed by atoms with Gasteiger partial charge >= 0.3 is 5.97 Å². The van der Waals surface area contributed by atoms with Gasteiger partial charge in [-0.15, -0.1) is 11.8 Å². The first-order valence-electron chi connectivity index (χ1n) is 5.85. The van der Waals surface area contributed by atoms with E-state index in [0.717, 1.165) is 18.0 Å². The van der Waals surface area contributed by atoms with Crippen molar-refractivity contribution in [3.05, 3.63) is 23.8 Å². The fraction of sp³-hybridized carbons (Fsp3) is 0.333. The van der Waals surface area contributed by atoms with Crippen molar-refractivity contribution in [1.82, 2.24) is 0 Å². The van der Waals surface area contributed by atoms with Gasteiger partial charge in [0.15, 0.2) is 0 Å². The Morgan fingerprint density at radius 1 is 1.29 bits per heavy atom. The molecule has 3 N–H and O–H groups in total. The van der Waals surface area contributed by atoms with Gasteiger partial charge < -0.3 is 10.4 Å². The van der Waals surface area contributed by atoms with Gasteiger partial charge in [0.25, 0.3) is 0 Å². The molecule has 0 aliphatic rings. The minimum Gasteiger partial charge on any atom is -0.481 e. The van der Waals surface area contributed by atoms with Crippen LogP contribution in [-0.4, -0.2) is 43.2 Å². The van der Waals surface area contributed by atoms with Crippen LogP contribution in [0.25, 0.3) is 0 Å². The molecule has 0 heterocycles. The number of hydrogen-bond acceptors (Lipinski definition) is 5. The van der Waals surface area contributed by atoms with Crippen LogP contribution in [-0.2, 0) is 19.6 Å². The molecule has 7 nitrogen and oxygen atoms in total. The number of benzene rings is 1. The van der Waals surface area contributed by atoms with Crippen molar-refractivity contribution in [3.8, 4) is 0 Å². The molecular formula is C12H16N2O5S2. The lowest BCUT2D eigenvalue weighted by Crippen LogP contribution is -2.16. The molecule has 0 aromatic heterocycles. The van der Waals surface area contributed by atoms with Crippen molar-refractivity contribution < 1.29 is 23.1 Å². The van der Waals surface area contributed by atoms with Crippen LogP contribution in [0.4, 0.5) is 11.4 Å². The number of carbonyl (C=O) groups is 2. The second-order valence-electron chi connectivity index (χ2n) is 4.34. The molecule has 0 fully saturated rings. The Balaban J connectivity index is 2.63. The fourth-order valence-electron chi connectivity index (χ4n) is 1.48. The van der Waals surface area contributed by atoms with Gasteiger partial charge in [-0.2, -0.15) is 0 Å². The van der Waals surface area contributed by atoms with Crippen LogP contribution in [0, 0.1) is 6.92 Å². The number of rotatable bonds is 7. The summed E-state index contributed by atoms with van der Waals surface area (Å²) in [5.74, 6) is -1.39. The van der Waals surface area contributed by atoms with E-state index in [0.29, 0.717) is 16.9 Å². The van der Waals surface area contributed by atoms with Gasteiger partial charge in [-0.1, -0.05) is 0 Å². The number of carbonyl (C=O) groups excluding carboxylic acids is 1. The van der Waals surface area contributed by atoms with Gasteiger partial charge in [0.1, 0.15) is 0 Å². The number of aryl methyl sites for hydroxylation is 1. The zero-order valence-electron chi connectivity index (χ0n) is 11.5. The molecule has 21 heavy (non-hydrogen) atoms. The first kappa shape index (κ1) is 17.3. The van der Waals surface area contributed by atoms with Crippen molar-refractivity contribution in [1.29, 1.82) is 0 Å². The Morgan fingerprint density at radius 2 is 1.95 bits per heavy atom. The predicted octanol–water partition coefficient (Wildman–Crippen LogP) is 1.12. The maximum atomic E-state index is 11.6. The summed E-state index contributed by atoms with van der Waals surface area (Å²) in [5.41, 5.74) is 1.62. The summed E-state index contributed by atoms with van der Waals surface area (Å²) in [6.07, 6.45) is 1.06. The zero-order chi connectivity index (χ0) is 16.0.